The van der Waals surface area contributed by atoms with Crippen molar-refractivity contribution in [1.29, 1.82) is 0 Å². The highest BCUT2D eigenvalue weighted by Crippen LogP contribution is 2.43. The average molecular weight is 499 g/mol. The molecule has 3 heterocycles. The second-order valence-corrected chi connectivity index (χ2v) is 9.79. The van der Waals surface area contributed by atoms with E-state index in [1.165, 1.54) is 7.11 Å². The normalized spacial score (nSPS) is 16.2. The standard InChI is InChI=1S/C27H25B2F2N3O3/c1-15-23(16(2)37-33-15)19-12-22-24(32-13-19)21(17-4-6-18(7-5-17)25(35)36-3)14-34(22)27(28,29)20-8-10-26(30,31)11-9-20/h4-7,12-14,20H,8-11H2,1-3H3. The van der Waals surface area contributed by atoms with Gasteiger partial charge in [-0.2, -0.15) is 0 Å². The van der Waals surface area contributed by atoms with Crippen LogP contribution < -0.4 is 0 Å². The van der Waals surface area contributed by atoms with Crippen molar-refractivity contribution in [3.05, 3.63) is 59.7 Å². The van der Waals surface area contributed by atoms with Crippen molar-refractivity contribution in [3.63, 3.8) is 0 Å². The van der Waals surface area contributed by atoms with Crippen LogP contribution in [0.5, 0.6) is 0 Å². The van der Waals surface area contributed by atoms with Crippen LogP contribution in [0, 0.1) is 19.8 Å². The summed E-state index contributed by atoms with van der Waals surface area (Å²) in [6, 6.07) is 8.86. The van der Waals surface area contributed by atoms with Crippen LogP contribution in [0.25, 0.3) is 33.3 Å². The molecule has 186 valence electrons. The lowest BCUT2D eigenvalue weighted by atomic mass is 9.52. The number of alkyl halides is 2. The maximum absolute atomic E-state index is 13.9. The fourth-order valence-corrected chi connectivity index (χ4v) is 5.27. The Morgan fingerprint density at radius 3 is 2.43 bits per heavy atom. The Hall–Kier alpha value is -3.42. The van der Waals surface area contributed by atoms with Gasteiger partial charge >= 0.3 is 5.97 Å². The molecule has 10 heteroatoms. The second-order valence-electron chi connectivity index (χ2n) is 9.79. The minimum Gasteiger partial charge on any atom is -0.465 e. The lowest BCUT2D eigenvalue weighted by Gasteiger charge is -2.42. The molecule has 0 N–H and O–H groups in total. The molecule has 0 unspecified atom stereocenters. The van der Waals surface area contributed by atoms with Crippen molar-refractivity contribution in [2.45, 2.75) is 50.8 Å². The molecule has 5 rings (SSSR count). The maximum Gasteiger partial charge on any atom is 0.337 e. The monoisotopic (exact) mass is 499 g/mol. The van der Waals surface area contributed by atoms with Crippen LogP contribution in [0.4, 0.5) is 8.78 Å². The summed E-state index contributed by atoms with van der Waals surface area (Å²) in [6.07, 6.45) is 3.46. The van der Waals surface area contributed by atoms with Gasteiger partial charge in [0.05, 0.1) is 45.1 Å². The van der Waals surface area contributed by atoms with Gasteiger partial charge in [0.2, 0.25) is 5.92 Å². The molecule has 1 aliphatic rings. The molecule has 6 nitrogen and oxygen atoms in total. The van der Waals surface area contributed by atoms with E-state index in [1.54, 1.807) is 35.0 Å². The van der Waals surface area contributed by atoms with Gasteiger partial charge in [-0.3, -0.25) is 4.98 Å². The van der Waals surface area contributed by atoms with E-state index in [2.05, 4.69) is 5.16 Å². The first-order chi connectivity index (χ1) is 17.5. The van der Waals surface area contributed by atoms with Gasteiger partial charge in [-0.1, -0.05) is 17.3 Å². The number of rotatable bonds is 5. The molecule has 37 heavy (non-hydrogen) atoms. The zero-order valence-corrected chi connectivity index (χ0v) is 20.9. The summed E-state index contributed by atoms with van der Waals surface area (Å²) < 4.78 is 39.7. The summed E-state index contributed by atoms with van der Waals surface area (Å²) in [6.45, 7) is 3.67. The van der Waals surface area contributed by atoms with Crippen molar-refractivity contribution in [2.75, 3.05) is 7.11 Å². The highest BCUT2D eigenvalue weighted by Gasteiger charge is 2.41. The van der Waals surface area contributed by atoms with Gasteiger partial charge in [-0.25, -0.2) is 13.6 Å². The van der Waals surface area contributed by atoms with E-state index in [9.17, 15) is 13.6 Å². The van der Waals surface area contributed by atoms with Crippen LogP contribution in [0.3, 0.4) is 0 Å². The number of esters is 1. The van der Waals surface area contributed by atoms with Crippen molar-refractivity contribution in [3.8, 4) is 22.3 Å². The minimum absolute atomic E-state index is 0.208. The van der Waals surface area contributed by atoms with Crippen LogP contribution in [0.15, 0.2) is 47.2 Å². The van der Waals surface area contributed by atoms with Gasteiger partial charge in [-0.15, -0.1) is 0 Å². The van der Waals surface area contributed by atoms with Crippen LogP contribution >= 0.6 is 0 Å². The summed E-state index contributed by atoms with van der Waals surface area (Å²) >= 11 is 0. The van der Waals surface area contributed by atoms with Crippen molar-refractivity contribution >= 4 is 32.7 Å². The first-order valence-corrected chi connectivity index (χ1v) is 12.1. The molecule has 1 saturated carbocycles. The third kappa shape index (κ3) is 4.47. The summed E-state index contributed by atoms with van der Waals surface area (Å²) in [5, 5.41) is 2.61. The summed E-state index contributed by atoms with van der Waals surface area (Å²) in [4.78, 5) is 16.7. The van der Waals surface area contributed by atoms with E-state index >= 15 is 0 Å². The number of nitrogens with zero attached hydrogens (tertiary/aromatic N) is 3. The summed E-state index contributed by atoms with van der Waals surface area (Å²) in [5.41, 5.74) is 5.58. The molecule has 4 radical (unpaired) electrons. The van der Waals surface area contributed by atoms with Crippen LogP contribution in [-0.4, -0.2) is 49.4 Å². The molecule has 0 amide bonds. The first-order valence-electron chi connectivity index (χ1n) is 12.1. The molecule has 1 aromatic carbocycles. The number of hydrogen-bond donors (Lipinski definition) is 0. The Morgan fingerprint density at radius 1 is 1.16 bits per heavy atom. The molecule has 0 spiro atoms. The van der Waals surface area contributed by atoms with E-state index in [1.807, 2.05) is 26.1 Å². The van der Waals surface area contributed by atoms with E-state index in [-0.39, 0.29) is 31.6 Å². The highest BCUT2D eigenvalue weighted by molar-refractivity contribution is 6.38. The summed E-state index contributed by atoms with van der Waals surface area (Å²) in [7, 11) is 14.8. The van der Waals surface area contributed by atoms with Gasteiger partial charge < -0.3 is 13.8 Å². The van der Waals surface area contributed by atoms with Gasteiger partial charge in [0.1, 0.15) is 5.76 Å². The zero-order chi connectivity index (χ0) is 26.5. The zero-order valence-electron chi connectivity index (χ0n) is 20.9. The van der Waals surface area contributed by atoms with Gasteiger partial charge in [0, 0.05) is 41.9 Å². The van der Waals surface area contributed by atoms with Crippen molar-refractivity contribution < 1.29 is 22.8 Å². The molecule has 0 aliphatic heterocycles. The number of methoxy groups -OCH3 is 1. The fraction of sp³-hybridized carbons (Fsp3) is 0.370. The molecule has 1 aliphatic carbocycles. The third-order valence-corrected chi connectivity index (χ3v) is 7.37. The van der Waals surface area contributed by atoms with E-state index in [4.69, 9.17) is 29.9 Å². The Kier molecular flexibility index (Phi) is 6.24. The third-order valence-electron chi connectivity index (χ3n) is 7.37. The molecular formula is C27H25B2F2N3O3. The van der Waals surface area contributed by atoms with E-state index in [0.717, 1.165) is 27.9 Å². The highest BCUT2D eigenvalue weighted by atomic mass is 19.3. The lowest BCUT2D eigenvalue weighted by Crippen LogP contribution is -2.45. The molecule has 3 aromatic heterocycles. The molecule has 0 atom stereocenters. The quantitative estimate of drug-likeness (QED) is 0.267. The Bertz CT molecular complexity index is 1450. The second kappa shape index (κ2) is 9.15. The molecule has 1 fully saturated rings. The lowest BCUT2D eigenvalue weighted by molar-refractivity contribution is -0.0498. The average Bonchev–Trinajstić information content (AvgIpc) is 3.42. The molecular weight excluding hydrogens is 474 g/mol. The fourth-order valence-electron chi connectivity index (χ4n) is 5.27. The Balaban J connectivity index is 1.66. The van der Waals surface area contributed by atoms with Crippen LogP contribution in [0.2, 0.25) is 0 Å². The van der Waals surface area contributed by atoms with Gasteiger partial charge in [0.15, 0.2) is 0 Å². The number of halogens is 2. The van der Waals surface area contributed by atoms with Crippen LogP contribution in [0.1, 0.15) is 47.5 Å². The predicted molar refractivity (Wildman–Crippen MR) is 138 cm³/mol. The smallest absolute Gasteiger partial charge is 0.337 e. The predicted octanol–water partition coefficient (Wildman–Crippen LogP) is 5.53. The SMILES string of the molecule is [B]C([B])(C1CCC(F)(F)CC1)n1cc(-c2ccc(C(=O)OC)cc2)c2ncc(-c3c(C)noc3C)cc21. The maximum atomic E-state index is 13.9. The number of fused-ring (bicyclic) bond motifs is 1. The first kappa shape index (κ1) is 25.2. The van der Waals surface area contributed by atoms with Gasteiger partial charge in [-0.05, 0) is 61.7 Å². The number of carbonyl (C=O) groups is 1. The van der Waals surface area contributed by atoms with Crippen molar-refractivity contribution in [2.24, 2.45) is 5.92 Å². The molecule has 0 saturated heterocycles. The largest absolute Gasteiger partial charge is 0.465 e. The number of benzene rings is 1. The number of aryl methyl sites for hydroxylation is 2. The minimum atomic E-state index is -2.70. The topological polar surface area (TPSA) is 70.2 Å². The Morgan fingerprint density at radius 2 is 1.84 bits per heavy atom. The Labute approximate surface area is 216 Å². The number of ether oxygens (including phenoxy) is 1. The number of pyridine rings is 1. The molecule has 4 aromatic rings. The van der Waals surface area contributed by atoms with E-state index < -0.39 is 17.2 Å². The van der Waals surface area contributed by atoms with Crippen LogP contribution in [-0.2, 0) is 10.1 Å². The van der Waals surface area contributed by atoms with E-state index in [0.29, 0.717) is 22.4 Å². The summed E-state index contributed by atoms with van der Waals surface area (Å²) in [5.74, 6) is -2.85. The number of aromatic nitrogens is 3. The van der Waals surface area contributed by atoms with Gasteiger partial charge in [0.25, 0.3) is 0 Å². The molecule has 0 bridgehead atoms. The van der Waals surface area contributed by atoms with Crippen molar-refractivity contribution in [1.82, 2.24) is 14.7 Å². The number of hydrogen-bond acceptors (Lipinski definition) is 5. The number of carbonyl (C=O) groups excluding carboxylic acids is 1.